The van der Waals surface area contributed by atoms with Gasteiger partial charge in [0, 0.05) is 37.3 Å². The third-order valence-electron chi connectivity index (χ3n) is 6.80. The molecule has 21 nitrogen and oxygen atoms in total. The van der Waals surface area contributed by atoms with E-state index < -0.39 is 94.7 Å². The number of benzene rings is 1. The number of carboxylic acid groups (broad SMARTS) is 1. The van der Waals surface area contributed by atoms with Gasteiger partial charge in [0.2, 0.25) is 18.1 Å². The molecule has 1 aromatic carbocycles. The molecule has 1 saturated heterocycles. The van der Waals surface area contributed by atoms with Gasteiger partial charge in [0.05, 0.1) is 13.2 Å². The Balaban J connectivity index is 1.52. The highest BCUT2D eigenvalue weighted by Gasteiger charge is 2.48. The second-order valence-electron chi connectivity index (χ2n) is 10.6. The highest BCUT2D eigenvalue weighted by atomic mass is 32.2. The van der Waals surface area contributed by atoms with Crippen LogP contribution in [0.1, 0.15) is 12.5 Å². The highest BCUT2D eigenvalue weighted by Crippen LogP contribution is 2.29. The minimum atomic E-state index is -4.75. The lowest BCUT2D eigenvalue weighted by Gasteiger charge is -2.38. The molecular weight excluding hydrogens is 698 g/mol. The first kappa shape index (κ1) is 39.7. The normalized spacial score (nSPS) is 22.5. The van der Waals surface area contributed by atoms with E-state index in [1.54, 1.807) is 0 Å². The maximum atomic E-state index is 12.6. The number of aliphatic hydroxyl groups is 3. The number of hydrogen-bond donors (Lipinski definition) is 7. The van der Waals surface area contributed by atoms with Crippen LogP contribution in [0, 0.1) is 0 Å². The van der Waals surface area contributed by atoms with Gasteiger partial charge in [-0.15, -0.1) is 0 Å². The summed E-state index contributed by atoms with van der Waals surface area (Å²) in [6.45, 7) is -0.427. The Hall–Kier alpha value is -4.71. The molecule has 2 heterocycles. The number of ether oxygens (including phenoxy) is 5. The summed E-state index contributed by atoms with van der Waals surface area (Å²) >= 11 is 0. The smallest absolute Gasteiger partial charge is 0.335 e. The van der Waals surface area contributed by atoms with E-state index in [4.69, 9.17) is 23.7 Å². The molecule has 0 saturated carbocycles. The Bertz CT molecular complexity index is 1560. The zero-order valence-corrected chi connectivity index (χ0v) is 27.0. The number of esters is 1. The number of amides is 4. The summed E-state index contributed by atoms with van der Waals surface area (Å²) in [6, 6.07) is 2.29. The number of nitrogens with one attached hydrogen (secondary N) is 2. The molecule has 0 aromatic heterocycles. The molecule has 3 rings (SSSR count). The summed E-state index contributed by atoms with van der Waals surface area (Å²) in [7, 11) is -4.75. The van der Waals surface area contributed by atoms with Crippen LogP contribution in [0.4, 0.5) is 0 Å². The van der Waals surface area contributed by atoms with Gasteiger partial charge in [-0.3, -0.25) is 33.4 Å². The molecule has 0 unspecified atom stereocenters. The number of rotatable bonds is 18. The molecule has 0 radical (unpaired) electrons. The monoisotopic (exact) mass is 733 g/mol. The van der Waals surface area contributed by atoms with Crippen molar-refractivity contribution in [3.05, 3.63) is 35.9 Å². The van der Waals surface area contributed by atoms with Crippen LogP contribution in [-0.2, 0) is 59.7 Å². The van der Waals surface area contributed by atoms with E-state index in [0.717, 1.165) is 12.2 Å². The maximum Gasteiger partial charge on any atom is 0.335 e. The fourth-order valence-electron chi connectivity index (χ4n) is 4.37. The Morgan fingerprint density at radius 2 is 1.68 bits per heavy atom. The fraction of sp³-hybridized carbons (Fsp3) is 0.500. The van der Waals surface area contributed by atoms with E-state index in [9.17, 15) is 62.2 Å². The van der Waals surface area contributed by atoms with E-state index in [1.165, 1.54) is 25.1 Å². The van der Waals surface area contributed by atoms with E-state index in [-0.39, 0.29) is 44.5 Å². The number of aliphatic hydroxyl groups excluding tert-OH is 3. The summed E-state index contributed by atoms with van der Waals surface area (Å²) in [5.74, 6) is -6.97. The quantitative estimate of drug-likeness (QED) is 0.0326. The number of carbonyl (C=O) groups excluding carboxylic acids is 5. The van der Waals surface area contributed by atoms with Crippen molar-refractivity contribution >= 4 is 45.7 Å². The SMILES string of the molecule is CC(=O)OCc1ccc(O[C@@H]2O[C@H](C(=O)O)[C@@H](O)[C@H](O)[C@H]2O)cc1OCCOCCNC(=O)[C@H](CS(=O)(=O)O)NC(=O)CN1C(=O)C=CC1=O. The number of carbonyl (C=O) groups is 6. The van der Waals surface area contributed by atoms with Crippen molar-refractivity contribution in [2.45, 2.75) is 50.3 Å². The average Bonchev–Trinajstić information content (AvgIpc) is 3.34. The Kier molecular flexibility index (Phi) is 14.1. The number of hydrogen-bond acceptors (Lipinski definition) is 16. The van der Waals surface area contributed by atoms with Crippen LogP contribution < -0.4 is 20.1 Å². The van der Waals surface area contributed by atoms with Gasteiger partial charge in [0.15, 0.2) is 6.10 Å². The van der Waals surface area contributed by atoms with Crippen molar-refractivity contribution in [1.29, 1.82) is 0 Å². The summed E-state index contributed by atoms with van der Waals surface area (Å²) < 4.78 is 58.7. The third kappa shape index (κ3) is 11.7. The van der Waals surface area contributed by atoms with Gasteiger partial charge in [0.25, 0.3) is 21.9 Å². The Labute approximate surface area is 283 Å². The lowest BCUT2D eigenvalue weighted by molar-refractivity contribution is -0.271. The van der Waals surface area contributed by atoms with Crippen molar-refractivity contribution in [3.63, 3.8) is 0 Å². The highest BCUT2D eigenvalue weighted by molar-refractivity contribution is 7.85. The predicted molar refractivity (Wildman–Crippen MR) is 160 cm³/mol. The van der Waals surface area contributed by atoms with Gasteiger partial charge in [-0.25, -0.2) is 4.79 Å². The molecular formula is C28H35N3O18S. The second-order valence-corrected chi connectivity index (χ2v) is 12.1. The van der Waals surface area contributed by atoms with Crippen LogP contribution in [0.3, 0.4) is 0 Å². The molecule has 6 atom stereocenters. The predicted octanol–water partition coefficient (Wildman–Crippen LogP) is -4.17. The molecule has 276 valence electrons. The lowest BCUT2D eigenvalue weighted by atomic mass is 9.99. The van der Waals surface area contributed by atoms with Crippen molar-refractivity contribution in [1.82, 2.24) is 15.5 Å². The molecule has 0 bridgehead atoms. The molecule has 50 heavy (non-hydrogen) atoms. The van der Waals surface area contributed by atoms with E-state index in [1.807, 2.05) is 5.32 Å². The molecule has 4 amide bonds. The summed E-state index contributed by atoms with van der Waals surface area (Å²) in [5.41, 5.74) is 0.352. The van der Waals surface area contributed by atoms with E-state index >= 15 is 0 Å². The van der Waals surface area contributed by atoms with Crippen molar-refractivity contribution in [2.75, 3.05) is 38.7 Å². The summed E-state index contributed by atoms with van der Waals surface area (Å²) in [4.78, 5) is 71.4. The van der Waals surface area contributed by atoms with Crippen molar-refractivity contribution in [2.24, 2.45) is 0 Å². The summed E-state index contributed by atoms with van der Waals surface area (Å²) in [6.07, 6.45) is -7.42. The van der Waals surface area contributed by atoms with Gasteiger partial charge < -0.3 is 54.7 Å². The Morgan fingerprint density at radius 3 is 2.30 bits per heavy atom. The first-order valence-electron chi connectivity index (χ1n) is 14.6. The van der Waals surface area contributed by atoms with Crippen LogP contribution in [-0.4, -0.2) is 149 Å². The van der Waals surface area contributed by atoms with E-state index in [2.05, 4.69) is 5.32 Å². The third-order valence-corrected chi connectivity index (χ3v) is 7.55. The Morgan fingerprint density at radius 1 is 1.00 bits per heavy atom. The fourth-order valence-corrected chi connectivity index (χ4v) is 5.03. The molecule has 0 aliphatic carbocycles. The minimum Gasteiger partial charge on any atom is -0.491 e. The zero-order valence-electron chi connectivity index (χ0n) is 26.2. The lowest BCUT2D eigenvalue weighted by Crippen LogP contribution is -2.61. The molecule has 2 aliphatic heterocycles. The van der Waals surface area contributed by atoms with E-state index in [0.29, 0.717) is 10.5 Å². The molecule has 0 spiro atoms. The molecule has 22 heteroatoms. The van der Waals surface area contributed by atoms with Gasteiger partial charge in [-0.2, -0.15) is 8.42 Å². The summed E-state index contributed by atoms with van der Waals surface area (Å²) in [5, 5.41) is 43.7. The van der Waals surface area contributed by atoms with Gasteiger partial charge >= 0.3 is 11.9 Å². The van der Waals surface area contributed by atoms with Gasteiger partial charge in [0.1, 0.15) is 61.4 Å². The largest absolute Gasteiger partial charge is 0.491 e. The van der Waals surface area contributed by atoms with Crippen LogP contribution in [0.2, 0.25) is 0 Å². The molecule has 7 N–H and O–H groups in total. The molecule has 1 fully saturated rings. The number of aliphatic carboxylic acids is 1. The van der Waals surface area contributed by atoms with Crippen molar-refractivity contribution in [3.8, 4) is 11.5 Å². The maximum absolute atomic E-state index is 12.6. The van der Waals surface area contributed by atoms with Crippen LogP contribution in [0.25, 0.3) is 0 Å². The van der Waals surface area contributed by atoms with Crippen LogP contribution in [0.15, 0.2) is 30.4 Å². The minimum absolute atomic E-state index is 0.0335. The first-order valence-corrected chi connectivity index (χ1v) is 16.2. The average molecular weight is 734 g/mol. The standard InChI is InChI=1S/C28H35N3O18S/c1-14(32)47-12-15-2-3-16(48-28-24(38)22(36)23(37)25(49-28)27(40)41)10-18(15)46-9-8-45-7-6-29-26(39)17(13-50(42,43)44)30-19(33)11-31-20(34)4-5-21(31)35/h2-5,10,17,22-25,28,36-38H,6-9,11-13H2,1H3,(H,29,39)(H,30,33)(H,40,41)(H,42,43,44)/t17-,22-,23-,24+,25-,28+/m0/s1. The van der Waals surface area contributed by atoms with Crippen LogP contribution in [0.5, 0.6) is 11.5 Å². The van der Waals surface area contributed by atoms with Gasteiger partial charge in [-0.1, -0.05) is 0 Å². The number of carboxylic acids is 1. The van der Waals surface area contributed by atoms with Crippen LogP contribution >= 0.6 is 0 Å². The van der Waals surface area contributed by atoms with Crippen molar-refractivity contribution < 1.29 is 85.8 Å². The zero-order chi connectivity index (χ0) is 37.2. The number of imide groups is 1. The number of nitrogens with zero attached hydrogens (tertiary/aromatic N) is 1. The molecule has 2 aliphatic rings. The topological polar surface area (TPSA) is 311 Å². The van der Waals surface area contributed by atoms with Gasteiger partial charge in [-0.05, 0) is 12.1 Å². The second kappa shape index (κ2) is 17.8. The molecule has 1 aromatic rings. The first-order chi connectivity index (χ1) is 23.5.